The van der Waals surface area contributed by atoms with Crippen molar-refractivity contribution >= 4 is 17.7 Å². The zero-order valence-corrected chi connectivity index (χ0v) is 8.70. The number of nitrogens with one attached hydrogen (secondary N) is 1. The molecule has 1 heterocycles. The molecule has 0 saturated heterocycles. The number of pyridine rings is 1. The molecule has 0 aliphatic heterocycles. The van der Waals surface area contributed by atoms with E-state index in [0.29, 0.717) is 30.3 Å². The molecule has 0 saturated carbocycles. The van der Waals surface area contributed by atoms with E-state index in [1.54, 1.807) is 12.3 Å². The van der Waals surface area contributed by atoms with Crippen molar-refractivity contribution < 1.29 is 14.6 Å². The third-order valence-corrected chi connectivity index (χ3v) is 1.75. The van der Waals surface area contributed by atoms with Gasteiger partial charge >= 0.3 is 6.09 Å². The third-order valence-electron chi connectivity index (χ3n) is 1.55. The lowest BCUT2D eigenvalue weighted by Crippen LogP contribution is -2.23. The molecule has 0 radical (unpaired) electrons. The fourth-order valence-corrected chi connectivity index (χ4v) is 1.09. The van der Waals surface area contributed by atoms with Crippen molar-refractivity contribution in [3.8, 4) is 5.75 Å². The monoisotopic (exact) mass is 230 g/mol. The van der Waals surface area contributed by atoms with Gasteiger partial charge in [-0.15, -0.1) is 0 Å². The SMILES string of the molecule is O=C(O)NCCCOc1cncc(Cl)c1. The Morgan fingerprint density at radius 3 is 3.07 bits per heavy atom. The van der Waals surface area contributed by atoms with Crippen molar-refractivity contribution in [1.29, 1.82) is 0 Å². The molecule has 0 fully saturated rings. The smallest absolute Gasteiger partial charge is 0.404 e. The number of carbonyl (C=O) groups is 1. The van der Waals surface area contributed by atoms with Crippen molar-refractivity contribution in [1.82, 2.24) is 10.3 Å². The first-order valence-corrected chi connectivity index (χ1v) is 4.76. The molecule has 15 heavy (non-hydrogen) atoms. The first-order chi connectivity index (χ1) is 7.18. The van der Waals surface area contributed by atoms with E-state index in [2.05, 4.69) is 10.3 Å². The van der Waals surface area contributed by atoms with Crippen molar-refractivity contribution in [3.05, 3.63) is 23.5 Å². The highest BCUT2D eigenvalue weighted by atomic mass is 35.5. The van der Waals surface area contributed by atoms with Gasteiger partial charge in [0.05, 0.1) is 17.8 Å². The molecular weight excluding hydrogens is 220 g/mol. The number of nitrogens with zero attached hydrogens (tertiary/aromatic N) is 1. The number of hydrogen-bond acceptors (Lipinski definition) is 3. The second-order valence-electron chi connectivity index (χ2n) is 2.77. The molecule has 2 N–H and O–H groups in total. The van der Waals surface area contributed by atoms with E-state index in [0.717, 1.165) is 0 Å². The van der Waals surface area contributed by atoms with Gasteiger partial charge < -0.3 is 15.2 Å². The molecule has 1 aromatic rings. The number of rotatable bonds is 5. The first-order valence-electron chi connectivity index (χ1n) is 4.38. The minimum absolute atomic E-state index is 0.364. The van der Waals surface area contributed by atoms with Crippen LogP contribution in [0.3, 0.4) is 0 Å². The summed E-state index contributed by atoms with van der Waals surface area (Å²) in [6, 6.07) is 1.65. The Balaban J connectivity index is 2.17. The summed E-state index contributed by atoms with van der Waals surface area (Å²) in [6.45, 7) is 0.783. The predicted molar refractivity (Wildman–Crippen MR) is 55.4 cm³/mol. The zero-order valence-electron chi connectivity index (χ0n) is 7.94. The van der Waals surface area contributed by atoms with Crippen LogP contribution in [-0.4, -0.2) is 29.3 Å². The Labute approximate surface area is 92.0 Å². The second kappa shape index (κ2) is 6.08. The molecule has 0 aromatic carbocycles. The summed E-state index contributed by atoms with van der Waals surface area (Å²) in [5, 5.41) is 11.0. The molecule has 0 unspecified atom stereocenters. The van der Waals surface area contributed by atoms with Gasteiger partial charge in [0.2, 0.25) is 0 Å². The standard InChI is InChI=1S/C9H11ClN2O3/c10-7-4-8(6-11-5-7)15-3-1-2-12-9(13)14/h4-6,12H,1-3H2,(H,13,14). The number of carboxylic acid groups (broad SMARTS) is 1. The van der Waals surface area contributed by atoms with E-state index < -0.39 is 6.09 Å². The topological polar surface area (TPSA) is 71.5 Å². The number of aromatic nitrogens is 1. The van der Waals surface area contributed by atoms with Crippen LogP contribution in [0.1, 0.15) is 6.42 Å². The van der Waals surface area contributed by atoms with Gasteiger partial charge in [-0.1, -0.05) is 11.6 Å². The molecule has 1 aromatic heterocycles. The second-order valence-corrected chi connectivity index (χ2v) is 3.21. The van der Waals surface area contributed by atoms with E-state index in [1.807, 2.05) is 0 Å². The molecule has 0 spiro atoms. The molecule has 1 rings (SSSR count). The highest BCUT2D eigenvalue weighted by Crippen LogP contribution is 2.14. The average molecular weight is 231 g/mol. The maximum atomic E-state index is 10.1. The summed E-state index contributed by atoms with van der Waals surface area (Å²) in [4.78, 5) is 13.9. The minimum Gasteiger partial charge on any atom is -0.492 e. The van der Waals surface area contributed by atoms with E-state index in [4.69, 9.17) is 21.4 Å². The van der Waals surface area contributed by atoms with Gasteiger partial charge in [-0.25, -0.2) is 4.79 Å². The lowest BCUT2D eigenvalue weighted by molar-refractivity contribution is 0.193. The molecule has 0 bridgehead atoms. The van der Waals surface area contributed by atoms with Gasteiger partial charge in [0.1, 0.15) is 5.75 Å². The van der Waals surface area contributed by atoms with Crippen LogP contribution in [0.2, 0.25) is 5.02 Å². The lowest BCUT2D eigenvalue weighted by atomic mass is 10.4. The number of amides is 1. The van der Waals surface area contributed by atoms with Crippen molar-refractivity contribution in [3.63, 3.8) is 0 Å². The summed E-state index contributed by atoms with van der Waals surface area (Å²) >= 11 is 5.69. The average Bonchev–Trinajstić information content (AvgIpc) is 2.17. The highest BCUT2D eigenvalue weighted by Gasteiger charge is 1.96. The molecule has 0 aliphatic carbocycles. The molecule has 5 nitrogen and oxygen atoms in total. The summed E-state index contributed by atoms with van der Waals surface area (Å²) < 4.78 is 5.29. The van der Waals surface area contributed by atoms with Crippen molar-refractivity contribution in [2.75, 3.05) is 13.2 Å². The van der Waals surface area contributed by atoms with Gasteiger partial charge in [-0.05, 0) is 6.42 Å². The number of hydrogen-bond donors (Lipinski definition) is 2. The van der Waals surface area contributed by atoms with Gasteiger partial charge in [0.15, 0.2) is 0 Å². The predicted octanol–water partition coefficient (Wildman–Crippen LogP) is 1.77. The van der Waals surface area contributed by atoms with Gasteiger partial charge in [0.25, 0.3) is 0 Å². The largest absolute Gasteiger partial charge is 0.492 e. The fraction of sp³-hybridized carbons (Fsp3) is 0.333. The quantitative estimate of drug-likeness (QED) is 0.757. The van der Waals surface area contributed by atoms with Crippen LogP contribution >= 0.6 is 11.6 Å². The highest BCUT2D eigenvalue weighted by molar-refractivity contribution is 6.30. The Kier molecular flexibility index (Phi) is 4.70. The van der Waals surface area contributed by atoms with E-state index >= 15 is 0 Å². The Hall–Kier alpha value is -1.49. The van der Waals surface area contributed by atoms with Gasteiger partial charge in [-0.2, -0.15) is 0 Å². The van der Waals surface area contributed by atoms with Crippen LogP contribution in [0.4, 0.5) is 4.79 Å². The van der Waals surface area contributed by atoms with E-state index in [-0.39, 0.29) is 0 Å². The number of ether oxygens (including phenoxy) is 1. The molecule has 0 aliphatic rings. The summed E-state index contributed by atoms with van der Waals surface area (Å²) in [5.41, 5.74) is 0. The molecule has 0 atom stereocenters. The van der Waals surface area contributed by atoms with Crippen molar-refractivity contribution in [2.45, 2.75) is 6.42 Å². The molecule has 82 valence electrons. The van der Waals surface area contributed by atoms with Crippen molar-refractivity contribution in [2.24, 2.45) is 0 Å². The van der Waals surface area contributed by atoms with Crippen LogP contribution in [-0.2, 0) is 0 Å². The van der Waals surface area contributed by atoms with E-state index in [9.17, 15) is 4.79 Å². The summed E-state index contributed by atoms with van der Waals surface area (Å²) in [6.07, 6.45) is 2.63. The maximum absolute atomic E-state index is 10.1. The van der Waals surface area contributed by atoms with Crippen LogP contribution in [0.25, 0.3) is 0 Å². The Morgan fingerprint density at radius 2 is 2.40 bits per heavy atom. The number of halogens is 1. The van der Waals surface area contributed by atoms with E-state index in [1.165, 1.54) is 6.20 Å². The first kappa shape index (κ1) is 11.6. The normalized spacial score (nSPS) is 9.67. The minimum atomic E-state index is -1.03. The third kappa shape index (κ3) is 5.07. The fourth-order valence-electron chi connectivity index (χ4n) is 0.929. The Bertz CT molecular complexity index is 333. The van der Waals surface area contributed by atoms with Crippen LogP contribution in [0.15, 0.2) is 18.5 Å². The zero-order chi connectivity index (χ0) is 11.1. The summed E-state index contributed by atoms with van der Waals surface area (Å²) in [7, 11) is 0. The van der Waals surface area contributed by atoms with Crippen LogP contribution in [0, 0.1) is 0 Å². The molecular formula is C9H11ClN2O3. The lowest BCUT2D eigenvalue weighted by Gasteiger charge is -2.05. The maximum Gasteiger partial charge on any atom is 0.404 e. The van der Waals surface area contributed by atoms with Gasteiger partial charge in [-0.3, -0.25) is 4.98 Å². The molecule has 1 amide bonds. The molecule has 6 heteroatoms. The van der Waals surface area contributed by atoms with Crippen LogP contribution < -0.4 is 10.1 Å². The summed E-state index contributed by atoms with van der Waals surface area (Å²) in [5.74, 6) is 0.581. The Morgan fingerprint density at radius 1 is 1.60 bits per heavy atom. The van der Waals surface area contributed by atoms with Gasteiger partial charge in [0, 0.05) is 18.8 Å². The van der Waals surface area contributed by atoms with Crippen LogP contribution in [0.5, 0.6) is 5.75 Å².